The number of fused-ring (bicyclic) bond motifs is 7. The quantitative estimate of drug-likeness (QED) is 0.300. The van der Waals surface area contributed by atoms with Crippen molar-refractivity contribution < 1.29 is 9.53 Å². The lowest BCUT2D eigenvalue weighted by Gasteiger charge is -2.09. The topological polar surface area (TPSA) is 26.3 Å². The van der Waals surface area contributed by atoms with Gasteiger partial charge in [-0.1, -0.05) is 54.6 Å². The molecule has 25 heavy (non-hydrogen) atoms. The third-order valence-electron chi connectivity index (χ3n) is 4.98. The van der Waals surface area contributed by atoms with Crippen molar-refractivity contribution in [2.24, 2.45) is 0 Å². The second kappa shape index (κ2) is 5.18. The molecule has 0 heterocycles. The van der Waals surface area contributed by atoms with Crippen molar-refractivity contribution in [1.82, 2.24) is 0 Å². The fourth-order valence-corrected chi connectivity index (χ4v) is 3.92. The molecule has 0 saturated carbocycles. The van der Waals surface area contributed by atoms with Gasteiger partial charge < -0.3 is 4.74 Å². The van der Waals surface area contributed by atoms with Crippen LogP contribution >= 0.6 is 0 Å². The molecule has 0 bridgehead atoms. The molecule has 0 fully saturated rings. The van der Waals surface area contributed by atoms with Gasteiger partial charge in [0, 0.05) is 6.92 Å². The smallest absolute Gasteiger partial charge is 0.308 e. The Hall–Kier alpha value is -3.13. The zero-order valence-corrected chi connectivity index (χ0v) is 13.9. The van der Waals surface area contributed by atoms with E-state index in [-0.39, 0.29) is 5.97 Å². The Labute approximate surface area is 144 Å². The van der Waals surface area contributed by atoms with Crippen LogP contribution in [0.4, 0.5) is 0 Å². The van der Waals surface area contributed by atoms with E-state index in [1.807, 2.05) is 18.2 Å². The summed E-state index contributed by atoms with van der Waals surface area (Å²) in [5.41, 5.74) is 0. The SMILES string of the molecule is CC(=O)Oc1ccc2c(ccc3c4ccc5c(c4ccc23)=CCC=5)c1. The van der Waals surface area contributed by atoms with Crippen LogP contribution in [0.3, 0.4) is 0 Å². The van der Waals surface area contributed by atoms with E-state index < -0.39 is 0 Å². The van der Waals surface area contributed by atoms with Gasteiger partial charge in [-0.05, 0) is 61.3 Å². The fourth-order valence-electron chi connectivity index (χ4n) is 3.92. The van der Waals surface area contributed by atoms with Crippen molar-refractivity contribution in [2.75, 3.05) is 0 Å². The van der Waals surface area contributed by atoms with E-state index in [4.69, 9.17) is 4.74 Å². The molecular formula is C23H16O2. The predicted molar refractivity (Wildman–Crippen MR) is 103 cm³/mol. The summed E-state index contributed by atoms with van der Waals surface area (Å²) >= 11 is 0. The molecule has 0 atom stereocenters. The molecular weight excluding hydrogens is 308 g/mol. The minimum Gasteiger partial charge on any atom is -0.427 e. The first-order valence-corrected chi connectivity index (χ1v) is 8.48. The molecule has 0 aliphatic heterocycles. The van der Waals surface area contributed by atoms with Crippen molar-refractivity contribution in [3.05, 3.63) is 65.0 Å². The van der Waals surface area contributed by atoms with Crippen LogP contribution in [-0.2, 0) is 4.79 Å². The average molecular weight is 324 g/mol. The highest BCUT2D eigenvalue weighted by Crippen LogP contribution is 2.32. The van der Waals surface area contributed by atoms with Crippen LogP contribution in [0.5, 0.6) is 5.75 Å². The van der Waals surface area contributed by atoms with Crippen molar-refractivity contribution in [3.8, 4) is 5.75 Å². The third kappa shape index (κ3) is 2.14. The summed E-state index contributed by atoms with van der Waals surface area (Å²) in [7, 11) is 0. The second-order valence-electron chi connectivity index (χ2n) is 6.51. The highest BCUT2D eigenvalue weighted by atomic mass is 16.5. The van der Waals surface area contributed by atoms with Crippen molar-refractivity contribution in [1.29, 1.82) is 0 Å². The molecule has 1 aliphatic rings. The molecule has 5 rings (SSSR count). The Morgan fingerprint density at radius 1 is 0.800 bits per heavy atom. The zero-order chi connectivity index (χ0) is 17.0. The highest BCUT2D eigenvalue weighted by Gasteiger charge is 2.08. The molecule has 2 heteroatoms. The molecule has 0 aromatic heterocycles. The number of ether oxygens (including phenoxy) is 1. The van der Waals surface area contributed by atoms with Crippen molar-refractivity contribution >= 4 is 50.4 Å². The summed E-state index contributed by atoms with van der Waals surface area (Å²) in [6.07, 6.45) is 5.59. The molecule has 4 aromatic carbocycles. The standard InChI is InChI=1S/C23H16O2/c1-14(24)25-17-7-10-19-16(13-17)6-9-23-21(19)12-11-20-18-4-2-3-15(18)5-8-22(20)23/h3-13H,2H2,1H3. The first-order valence-electron chi connectivity index (χ1n) is 8.48. The molecule has 1 aliphatic carbocycles. The van der Waals surface area contributed by atoms with E-state index in [0.717, 1.165) is 11.8 Å². The van der Waals surface area contributed by atoms with E-state index in [0.29, 0.717) is 5.75 Å². The van der Waals surface area contributed by atoms with E-state index in [1.54, 1.807) is 0 Å². The van der Waals surface area contributed by atoms with E-state index in [9.17, 15) is 4.79 Å². The maximum absolute atomic E-state index is 11.2. The van der Waals surface area contributed by atoms with Gasteiger partial charge in [0.25, 0.3) is 0 Å². The first kappa shape index (κ1) is 14.2. The van der Waals surface area contributed by atoms with Crippen LogP contribution in [0, 0.1) is 0 Å². The van der Waals surface area contributed by atoms with Gasteiger partial charge in [0.15, 0.2) is 0 Å². The van der Waals surface area contributed by atoms with Gasteiger partial charge in [-0.15, -0.1) is 0 Å². The monoisotopic (exact) mass is 324 g/mol. The average Bonchev–Trinajstić information content (AvgIpc) is 3.09. The number of hydrogen-bond donors (Lipinski definition) is 0. The van der Waals surface area contributed by atoms with Crippen LogP contribution in [0.15, 0.2) is 54.6 Å². The minimum absolute atomic E-state index is 0.298. The van der Waals surface area contributed by atoms with Gasteiger partial charge in [-0.2, -0.15) is 0 Å². The molecule has 120 valence electrons. The Balaban J connectivity index is 1.84. The van der Waals surface area contributed by atoms with Crippen LogP contribution in [0.2, 0.25) is 0 Å². The molecule has 2 nitrogen and oxygen atoms in total. The molecule has 0 radical (unpaired) electrons. The molecule has 0 amide bonds. The highest BCUT2D eigenvalue weighted by molar-refractivity contribution is 6.17. The van der Waals surface area contributed by atoms with Crippen LogP contribution < -0.4 is 15.2 Å². The normalized spacial score (nSPS) is 12.8. The number of esters is 1. The van der Waals surface area contributed by atoms with E-state index in [2.05, 4.69) is 48.6 Å². The van der Waals surface area contributed by atoms with Gasteiger partial charge in [0.2, 0.25) is 0 Å². The number of carbonyl (C=O) groups excluding carboxylic acids is 1. The minimum atomic E-state index is -0.298. The van der Waals surface area contributed by atoms with Gasteiger partial charge in [0.1, 0.15) is 5.75 Å². The number of rotatable bonds is 1. The van der Waals surface area contributed by atoms with Gasteiger partial charge >= 0.3 is 5.97 Å². The van der Waals surface area contributed by atoms with Gasteiger partial charge in [-0.25, -0.2) is 0 Å². The Kier molecular flexibility index (Phi) is 2.95. The summed E-state index contributed by atoms with van der Waals surface area (Å²) < 4.78 is 5.21. The Morgan fingerprint density at radius 2 is 1.48 bits per heavy atom. The van der Waals surface area contributed by atoms with Gasteiger partial charge in [0.05, 0.1) is 0 Å². The number of carbonyl (C=O) groups is 1. The molecule has 0 spiro atoms. The Bertz CT molecular complexity index is 1310. The summed E-state index contributed by atoms with van der Waals surface area (Å²) in [6.45, 7) is 1.42. The van der Waals surface area contributed by atoms with E-state index >= 15 is 0 Å². The summed E-state index contributed by atoms with van der Waals surface area (Å²) in [4.78, 5) is 11.2. The van der Waals surface area contributed by atoms with Gasteiger partial charge in [-0.3, -0.25) is 4.79 Å². The second-order valence-corrected chi connectivity index (χ2v) is 6.51. The molecule has 0 N–H and O–H groups in total. The van der Waals surface area contributed by atoms with Crippen LogP contribution in [0.1, 0.15) is 13.3 Å². The largest absolute Gasteiger partial charge is 0.427 e. The Morgan fingerprint density at radius 3 is 2.36 bits per heavy atom. The number of hydrogen-bond acceptors (Lipinski definition) is 2. The summed E-state index contributed by atoms with van der Waals surface area (Å²) in [6, 6.07) is 19.0. The number of benzene rings is 4. The first-order chi connectivity index (χ1) is 12.2. The molecule has 0 saturated heterocycles. The molecule has 4 aromatic rings. The third-order valence-corrected chi connectivity index (χ3v) is 4.98. The molecule has 0 unspecified atom stereocenters. The zero-order valence-electron chi connectivity index (χ0n) is 13.9. The van der Waals surface area contributed by atoms with Crippen LogP contribution in [-0.4, -0.2) is 5.97 Å². The lowest BCUT2D eigenvalue weighted by atomic mass is 9.96. The lowest BCUT2D eigenvalue weighted by Crippen LogP contribution is -2.21. The maximum atomic E-state index is 11.2. The fraction of sp³-hybridized carbons (Fsp3) is 0.0870. The lowest BCUT2D eigenvalue weighted by molar-refractivity contribution is -0.131. The maximum Gasteiger partial charge on any atom is 0.308 e. The summed E-state index contributed by atoms with van der Waals surface area (Å²) in [5, 5.41) is 10.0. The summed E-state index contributed by atoms with van der Waals surface area (Å²) in [5.74, 6) is 0.288. The van der Waals surface area contributed by atoms with Crippen molar-refractivity contribution in [3.63, 3.8) is 0 Å². The predicted octanol–water partition coefficient (Wildman–Crippen LogP) is 4.04. The van der Waals surface area contributed by atoms with Crippen LogP contribution in [0.25, 0.3) is 44.5 Å². The van der Waals surface area contributed by atoms with Crippen molar-refractivity contribution in [2.45, 2.75) is 13.3 Å². The van der Waals surface area contributed by atoms with E-state index in [1.165, 1.54) is 44.3 Å².